The zero-order chi connectivity index (χ0) is 8.27. The molecule has 0 aliphatic heterocycles. The van der Waals surface area contributed by atoms with Crippen LogP contribution in [0.1, 0.15) is 20.8 Å². The van der Waals surface area contributed by atoms with Crippen molar-refractivity contribution in [1.82, 2.24) is 0 Å². The monoisotopic (exact) mass is 162 g/mol. The van der Waals surface area contributed by atoms with Crippen LogP contribution in [0.5, 0.6) is 0 Å². The molecule has 0 aliphatic rings. The number of rotatable bonds is 1. The second-order valence-corrected chi connectivity index (χ2v) is 2.64. The molecule has 0 aromatic carbocycles. The molecule has 0 saturated heterocycles. The third-order valence-electron chi connectivity index (χ3n) is 1.16. The number of carbonyl (C=O) groups excluding carboxylic acids is 1. The molecule has 1 aromatic rings. The number of hydrogen-bond donors (Lipinski definition) is 0. The molecule has 11 heavy (non-hydrogen) atoms. The summed E-state index contributed by atoms with van der Waals surface area (Å²) in [4.78, 5) is 10.6. The van der Waals surface area contributed by atoms with E-state index >= 15 is 0 Å². The Morgan fingerprint density at radius 2 is 2.18 bits per heavy atom. The lowest BCUT2D eigenvalue weighted by Crippen LogP contribution is -1.80. The van der Waals surface area contributed by atoms with Gasteiger partial charge in [-0.05, 0) is 0 Å². The highest BCUT2D eigenvalue weighted by atomic mass is 32.1. The molecule has 52 valence electrons. The van der Waals surface area contributed by atoms with E-state index in [4.69, 9.17) is 10.5 Å². The Kier molecular flexibility index (Phi) is 2.00. The van der Waals surface area contributed by atoms with Gasteiger partial charge in [0.05, 0.1) is 16.0 Å². The standard InChI is InChI=1S/C7H2N2OS/c8-1-5-4-11-7(3-10)6(5)2-9/h3-4H. The largest absolute Gasteiger partial charge is 0.297 e. The zero-order valence-corrected chi connectivity index (χ0v) is 6.18. The Morgan fingerprint density at radius 3 is 2.64 bits per heavy atom. The van der Waals surface area contributed by atoms with E-state index in [0.29, 0.717) is 11.2 Å². The van der Waals surface area contributed by atoms with Crippen molar-refractivity contribution in [2.75, 3.05) is 0 Å². The van der Waals surface area contributed by atoms with E-state index in [1.807, 2.05) is 6.07 Å². The van der Waals surface area contributed by atoms with Crippen LogP contribution in [-0.4, -0.2) is 6.29 Å². The van der Waals surface area contributed by atoms with Crippen molar-refractivity contribution in [3.8, 4) is 12.1 Å². The van der Waals surface area contributed by atoms with E-state index in [2.05, 4.69) is 0 Å². The lowest BCUT2D eigenvalue weighted by Gasteiger charge is -1.80. The van der Waals surface area contributed by atoms with Crippen molar-refractivity contribution in [3.05, 3.63) is 21.4 Å². The quantitative estimate of drug-likeness (QED) is 0.584. The summed E-state index contributed by atoms with van der Waals surface area (Å²) in [5, 5.41) is 18.4. The number of hydrogen-bond acceptors (Lipinski definition) is 4. The molecule has 0 saturated carbocycles. The highest BCUT2D eigenvalue weighted by molar-refractivity contribution is 7.12. The smallest absolute Gasteiger partial charge is 0.161 e. The van der Waals surface area contributed by atoms with Crippen LogP contribution in [0.4, 0.5) is 0 Å². The fraction of sp³-hybridized carbons (Fsp3) is 0. The van der Waals surface area contributed by atoms with Crippen molar-refractivity contribution < 1.29 is 4.79 Å². The molecule has 0 fully saturated rings. The second kappa shape index (κ2) is 2.96. The highest BCUT2D eigenvalue weighted by Gasteiger charge is 2.08. The van der Waals surface area contributed by atoms with E-state index < -0.39 is 0 Å². The Morgan fingerprint density at radius 1 is 1.45 bits per heavy atom. The van der Waals surface area contributed by atoms with Gasteiger partial charge in [0.2, 0.25) is 0 Å². The van der Waals surface area contributed by atoms with Gasteiger partial charge in [-0.2, -0.15) is 10.5 Å². The predicted octanol–water partition coefficient (Wildman–Crippen LogP) is 1.30. The van der Waals surface area contributed by atoms with Crippen LogP contribution >= 0.6 is 11.3 Å². The van der Waals surface area contributed by atoms with Crippen molar-refractivity contribution in [2.24, 2.45) is 0 Å². The molecule has 0 amide bonds. The average molecular weight is 162 g/mol. The third kappa shape index (κ3) is 1.12. The number of nitriles is 2. The van der Waals surface area contributed by atoms with E-state index in [1.54, 1.807) is 6.07 Å². The van der Waals surface area contributed by atoms with Gasteiger partial charge in [0.25, 0.3) is 0 Å². The molecule has 0 N–H and O–H groups in total. The van der Waals surface area contributed by atoms with Gasteiger partial charge in [-0.15, -0.1) is 11.3 Å². The topological polar surface area (TPSA) is 64.7 Å². The van der Waals surface area contributed by atoms with Crippen molar-refractivity contribution >= 4 is 17.6 Å². The van der Waals surface area contributed by atoms with Crippen LogP contribution in [0, 0.1) is 22.7 Å². The summed E-state index contributed by atoms with van der Waals surface area (Å²) in [7, 11) is 0. The minimum atomic E-state index is 0.188. The highest BCUT2D eigenvalue weighted by Crippen LogP contribution is 2.18. The summed E-state index contributed by atoms with van der Waals surface area (Å²) in [5.41, 5.74) is 0.465. The number of aldehydes is 1. The predicted molar refractivity (Wildman–Crippen MR) is 39.1 cm³/mol. The fourth-order valence-electron chi connectivity index (χ4n) is 0.657. The molecule has 1 heterocycles. The van der Waals surface area contributed by atoms with Crippen LogP contribution in [0.3, 0.4) is 0 Å². The van der Waals surface area contributed by atoms with Gasteiger partial charge in [-0.25, -0.2) is 0 Å². The first-order chi connectivity index (χ1) is 5.33. The van der Waals surface area contributed by atoms with Gasteiger partial charge in [-0.3, -0.25) is 4.79 Å². The van der Waals surface area contributed by atoms with Crippen molar-refractivity contribution in [3.63, 3.8) is 0 Å². The maximum absolute atomic E-state index is 10.3. The van der Waals surface area contributed by atoms with Gasteiger partial charge in [0.1, 0.15) is 12.1 Å². The van der Waals surface area contributed by atoms with E-state index in [0.717, 1.165) is 11.3 Å². The molecule has 0 spiro atoms. The fourth-order valence-corrected chi connectivity index (χ4v) is 1.40. The number of nitrogens with zero attached hydrogens (tertiary/aromatic N) is 2. The van der Waals surface area contributed by atoms with Crippen molar-refractivity contribution in [1.29, 1.82) is 10.5 Å². The molecule has 0 radical (unpaired) electrons. The first kappa shape index (κ1) is 7.46. The van der Waals surface area contributed by atoms with Crippen LogP contribution in [-0.2, 0) is 0 Å². The molecule has 1 rings (SSSR count). The van der Waals surface area contributed by atoms with Gasteiger partial charge in [0.15, 0.2) is 6.29 Å². The van der Waals surface area contributed by atoms with E-state index in [9.17, 15) is 4.79 Å². The zero-order valence-electron chi connectivity index (χ0n) is 5.37. The molecule has 0 atom stereocenters. The second-order valence-electron chi connectivity index (χ2n) is 1.73. The van der Waals surface area contributed by atoms with Crippen LogP contribution in [0.2, 0.25) is 0 Å². The molecule has 0 aliphatic carbocycles. The van der Waals surface area contributed by atoms with Gasteiger partial charge < -0.3 is 0 Å². The summed E-state index contributed by atoms with van der Waals surface area (Å²) in [5.74, 6) is 0. The Balaban J connectivity index is 3.37. The Labute approximate surface area is 67.1 Å². The third-order valence-corrected chi connectivity index (χ3v) is 2.07. The molecule has 0 bridgehead atoms. The lowest BCUT2D eigenvalue weighted by atomic mass is 10.2. The lowest BCUT2D eigenvalue weighted by molar-refractivity contribution is 0.112. The number of thiophene rings is 1. The summed E-state index contributed by atoms with van der Waals surface area (Å²) in [6.45, 7) is 0. The SMILES string of the molecule is N#Cc1csc(C=O)c1C#N. The molecule has 3 nitrogen and oxygen atoms in total. The maximum Gasteiger partial charge on any atom is 0.161 e. The maximum atomic E-state index is 10.3. The summed E-state index contributed by atoms with van der Waals surface area (Å²) in [6.07, 6.45) is 0.587. The molecular weight excluding hydrogens is 160 g/mol. The van der Waals surface area contributed by atoms with Gasteiger partial charge >= 0.3 is 0 Å². The minimum absolute atomic E-state index is 0.188. The van der Waals surface area contributed by atoms with Crippen molar-refractivity contribution in [2.45, 2.75) is 0 Å². The normalized spacial score (nSPS) is 8.18. The van der Waals surface area contributed by atoms with Gasteiger partial charge in [-0.1, -0.05) is 0 Å². The summed E-state index contributed by atoms with van der Waals surface area (Å²) in [6, 6.07) is 3.63. The minimum Gasteiger partial charge on any atom is -0.297 e. The number of carbonyl (C=O) groups is 1. The molecule has 0 unspecified atom stereocenters. The molecule has 4 heteroatoms. The van der Waals surface area contributed by atoms with Crippen LogP contribution < -0.4 is 0 Å². The van der Waals surface area contributed by atoms with E-state index in [-0.39, 0.29) is 11.1 Å². The Hall–Kier alpha value is -1.65. The first-order valence-corrected chi connectivity index (χ1v) is 3.58. The molecular formula is C7H2N2OS. The summed E-state index contributed by atoms with van der Waals surface area (Å²) < 4.78 is 0. The molecule has 1 aromatic heterocycles. The van der Waals surface area contributed by atoms with Crippen LogP contribution in [0.15, 0.2) is 5.38 Å². The van der Waals surface area contributed by atoms with E-state index in [1.165, 1.54) is 5.38 Å². The van der Waals surface area contributed by atoms with Crippen LogP contribution in [0.25, 0.3) is 0 Å². The summed E-state index contributed by atoms with van der Waals surface area (Å²) >= 11 is 1.11. The Bertz CT molecular complexity index is 367. The average Bonchev–Trinajstić information content (AvgIpc) is 2.45. The first-order valence-electron chi connectivity index (χ1n) is 2.70. The van der Waals surface area contributed by atoms with Gasteiger partial charge in [0, 0.05) is 5.38 Å².